The molecule has 0 aromatic carbocycles. The molecule has 0 bridgehead atoms. The van der Waals surface area contributed by atoms with Gasteiger partial charge < -0.3 is 4.90 Å². The van der Waals surface area contributed by atoms with E-state index in [9.17, 15) is 14.4 Å². The number of H-pyrrole nitrogens is 2. The minimum atomic E-state index is -0.333. The lowest BCUT2D eigenvalue weighted by molar-refractivity contribution is -0.137. The van der Waals surface area contributed by atoms with Crippen LogP contribution in [-0.2, 0) is 14.4 Å². The Morgan fingerprint density at radius 3 is 1.93 bits per heavy atom. The van der Waals surface area contributed by atoms with Crippen LogP contribution in [-0.4, -0.2) is 76.5 Å². The van der Waals surface area contributed by atoms with Crippen molar-refractivity contribution < 1.29 is 14.4 Å². The fraction of sp³-hybridized carbons (Fsp3) is 0.321. The highest BCUT2D eigenvalue weighted by Crippen LogP contribution is 2.21. The Morgan fingerprint density at radius 2 is 1.43 bits per heavy atom. The number of allylic oxidation sites excluding steroid dienone is 2. The van der Waals surface area contributed by atoms with Crippen LogP contribution in [0.25, 0.3) is 23.0 Å². The summed E-state index contributed by atoms with van der Waals surface area (Å²) in [5.41, 5.74) is 1.34. The average Bonchev–Trinajstić information content (AvgIpc) is 3.70. The van der Waals surface area contributed by atoms with Gasteiger partial charge in [0, 0.05) is 44.2 Å². The monoisotopic (exact) mass is 569 g/mol. The third kappa shape index (κ3) is 7.27. The molecule has 0 spiro atoms. The van der Waals surface area contributed by atoms with Crippen molar-refractivity contribution in [1.29, 1.82) is 0 Å². The molecule has 1 aliphatic carbocycles. The minimum Gasteiger partial charge on any atom is -0.346 e. The summed E-state index contributed by atoms with van der Waals surface area (Å²) in [6, 6.07) is 11.0. The van der Waals surface area contributed by atoms with Crippen molar-refractivity contribution in [2.45, 2.75) is 32.1 Å². The van der Waals surface area contributed by atoms with Crippen LogP contribution in [0.3, 0.4) is 0 Å². The molecule has 5 heterocycles. The second kappa shape index (κ2) is 13.4. The minimum absolute atomic E-state index is 0.0109. The van der Waals surface area contributed by atoms with Crippen LogP contribution >= 0.6 is 0 Å². The first-order valence-electron chi connectivity index (χ1n) is 13.6. The van der Waals surface area contributed by atoms with Crippen LogP contribution in [0.15, 0.2) is 60.9 Å². The molecule has 4 aromatic heterocycles. The molecule has 42 heavy (non-hydrogen) atoms. The highest BCUT2D eigenvalue weighted by atomic mass is 16.2. The molecule has 2 aliphatic rings. The van der Waals surface area contributed by atoms with Gasteiger partial charge in [0.15, 0.2) is 11.6 Å². The molecule has 14 nitrogen and oxygen atoms in total. The smallest absolute Gasteiger partial charge is 0.249 e. The van der Waals surface area contributed by atoms with Crippen molar-refractivity contribution in [3.05, 3.63) is 60.9 Å². The molecule has 4 aromatic rings. The van der Waals surface area contributed by atoms with E-state index in [-0.39, 0.29) is 41.9 Å². The number of piperidine rings is 1. The Bertz CT molecular complexity index is 1530. The second-order valence-electron chi connectivity index (χ2n) is 9.91. The average molecular weight is 570 g/mol. The SMILES string of the molecule is CN1CCC(C(=O)Nc2n[nH]c(-c3ccccn3)n2)CC1=O.O=C(Nc1n[nH]c(-c2ccccn2)n1)C1CC=CCC1. The largest absolute Gasteiger partial charge is 0.346 e. The molecule has 4 N–H and O–H groups in total. The lowest BCUT2D eigenvalue weighted by Gasteiger charge is -2.27. The number of nitrogens with zero attached hydrogens (tertiary/aromatic N) is 7. The Hall–Kier alpha value is -5.27. The summed E-state index contributed by atoms with van der Waals surface area (Å²) >= 11 is 0. The van der Waals surface area contributed by atoms with E-state index in [4.69, 9.17) is 0 Å². The van der Waals surface area contributed by atoms with Crippen LogP contribution in [0.5, 0.6) is 0 Å². The third-order valence-corrected chi connectivity index (χ3v) is 6.93. The van der Waals surface area contributed by atoms with E-state index in [0.717, 1.165) is 19.3 Å². The number of nitrogens with one attached hydrogen (secondary N) is 4. The van der Waals surface area contributed by atoms with E-state index in [1.807, 2.05) is 30.3 Å². The van der Waals surface area contributed by atoms with E-state index in [1.165, 1.54) is 0 Å². The molecule has 14 heteroatoms. The topological polar surface area (TPSA) is 187 Å². The van der Waals surface area contributed by atoms with Crippen molar-refractivity contribution in [2.75, 3.05) is 24.2 Å². The number of pyridine rings is 2. The van der Waals surface area contributed by atoms with E-state index in [0.29, 0.717) is 42.0 Å². The summed E-state index contributed by atoms with van der Waals surface area (Å²) in [5, 5.41) is 18.9. The Morgan fingerprint density at radius 1 is 0.833 bits per heavy atom. The quantitative estimate of drug-likeness (QED) is 0.253. The molecular formula is C28H31N11O3. The Kier molecular flexibility index (Phi) is 9.01. The number of hydrogen-bond donors (Lipinski definition) is 4. The molecule has 6 rings (SSSR count). The number of likely N-dealkylation sites (tertiary alicyclic amines) is 1. The van der Waals surface area contributed by atoms with Crippen molar-refractivity contribution in [3.63, 3.8) is 0 Å². The summed E-state index contributed by atoms with van der Waals surface area (Å²) in [7, 11) is 1.74. The number of hydrogen-bond acceptors (Lipinski definition) is 9. The van der Waals surface area contributed by atoms with Gasteiger partial charge in [-0.15, -0.1) is 10.2 Å². The molecule has 2 unspecified atom stereocenters. The number of aromatic nitrogens is 8. The predicted octanol–water partition coefficient (Wildman–Crippen LogP) is 2.84. The standard InChI is InChI=1S/C14H16N6O2.C14H15N5O/c1-20-7-5-9(8-11(20)21)13(22)17-14-16-12(18-19-14)10-4-2-3-6-15-10;20-13(10-6-2-1-3-7-10)17-14-16-12(18-19-14)11-8-4-5-9-15-11/h2-4,6,9H,5,7-8H2,1H3,(H2,16,17,18,19,22);1-2,4-5,8-10H,3,6-7H2,(H2,16,17,18,19,20). The summed E-state index contributed by atoms with van der Waals surface area (Å²) in [4.78, 5) is 54.3. The number of rotatable bonds is 6. The van der Waals surface area contributed by atoms with E-state index in [2.05, 4.69) is 57.0 Å². The van der Waals surface area contributed by atoms with Crippen LogP contribution in [0, 0.1) is 11.8 Å². The Balaban J connectivity index is 0.000000169. The number of amides is 3. The van der Waals surface area contributed by atoms with Gasteiger partial charge in [0.25, 0.3) is 0 Å². The van der Waals surface area contributed by atoms with Gasteiger partial charge in [0.1, 0.15) is 11.4 Å². The molecule has 1 fully saturated rings. The maximum absolute atomic E-state index is 12.2. The van der Waals surface area contributed by atoms with Gasteiger partial charge in [-0.25, -0.2) is 0 Å². The molecule has 216 valence electrons. The fourth-order valence-corrected chi connectivity index (χ4v) is 4.49. The first kappa shape index (κ1) is 28.3. The summed E-state index contributed by atoms with van der Waals surface area (Å²) in [6.45, 7) is 0.587. The van der Waals surface area contributed by atoms with Gasteiger partial charge in [-0.3, -0.25) is 45.2 Å². The zero-order valence-electron chi connectivity index (χ0n) is 23.0. The van der Waals surface area contributed by atoms with Gasteiger partial charge in [0.05, 0.1) is 0 Å². The number of carbonyl (C=O) groups is 3. The Labute approximate surface area is 241 Å². The summed E-state index contributed by atoms with van der Waals surface area (Å²) in [5.74, 6) is 0.920. The molecule has 3 amide bonds. The van der Waals surface area contributed by atoms with Gasteiger partial charge in [-0.05, 0) is 49.9 Å². The molecular weight excluding hydrogens is 538 g/mol. The normalized spacial score (nSPS) is 18.1. The zero-order valence-corrected chi connectivity index (χ0v) is 23.0. The van der Waals surface area contributed by atoms with Crippen molar-refractivity contribution >= 4 is 29.6 Å². The van der Waals surface area contributed by atoms with E-state index < -0.39 is 0 Å². The molecule has 2 atom stereocenters. The number of aromatic amines is 2. The first-order chi connectivity index (χ1) is 20.5. The van der Waals surface area contributed by atoms with Crippen molar-refractivity contribution in [1.82, 2.24) is 45.2 Å². The predicted molar refractivity (Wildman–Crippen MR) is 153 cm³/mol. The summed E-state index contributed by atoms with van der Waals surface area (Å²) in [6.07, 6.45) is 11.0. The first-order valence-corrected chi connectivity index (χ1v) is 13.6. The number of anilines is 2. The highest BCUT2D eigenvalue weighted by molar-refractivity contribution is 5.94. The molecule has 0 radical (unpaired) electrons. The number of carbonyl (C=O) groups excluding carboxylic acids is 3. The lowest BCUT2D eigenvalue weighted by Crippen LogP contribution is -2.40. The maximum Gasteiger partial charge on any atom is 0.249 e. The summed E-state index contributed by atoms with van der Waals surface area (Å²) < 4.78 is 0. The van der Waals surface area contributed by atoms with Crippen molar-refractivity contribution in [2.24, 2.45) is 11.8 Å². The van der Waals surface area contributed by atoms with Crippen LogP contribution in [0.1, 0.15) is 32.1 Å². The van der Waals surface area contributed by atoms with E-state index >= 15 is 0 Å². The zero-order chi connectivity index (χ0) is 29.3. The van der Waals surface area contributed by atoms with Gasteiger partial charge >= 0.3 is 0 Å². The van der Waals surface area contributed by atoms with Gasteiger partial charge in [-0.2, -0.15) is 9.97 Å². The van der Waals surface area contributed by atoms with E-state index in [1.54, 1.807) is 36.5 Å². The lowest BCUT2D eigenvalue weighted by atomic mass is 9.94. The second-order valence-corrected chi connectivity index (χ2v) is 9.91. The van der Waals surface area contributed by atoms with Gasteiger partial charge in [0.2, 0.25) is 29.6 Å². The maximum atomic E-state index is 12.2. The van der Waals surface area contributed by atoms with Crippen LogP contribution in [0.2, 0.25) is 0 Å². The molecule has 1 aliphatic heterocycles. The fourth-order valence-electron chi connectivity index (χ4n) is 4.49. The van der Waals surface area contributed by atoms with Crippen molar-refractivity contribution in [3.8, 4) is 23.0 Å². The van der Waals surface area contributed by atoms with Gasteiger partial charge in [-0.1, -0.05) is 24.3 Å². The molecule has 1 saturated heterocycles. The van der Waals surface area contributed by atoms with Crippen LogP contribution < -0.4 is 10.6 Å². The highest BCUT2D eigenvalue weighted by Gasteiger charge is 2.29. The van der Waals surface area contributed by atoms with Crippen LogP contribution in [0.4, 0.5) is 11.9 Å². The molecule has 0 saturated carbocycles. The third-order valence-electron chi connectivity index (χ3n) is 6.93.